The summed E-state index contributed by atoms with van der Waals surface area (Å²) in [5.74, 6) is -0.811. The maximum atomic E-state index is 13.0. The van der Waals surface area contributed by atoms with Gasteiger partial charge in [-0.25, -0.2) is 4.79 Å². The van der Waals surface area contributed by atoms with Crippen LogP contribution in [0, 0.1) is 0 Å². The van der Waals surface area contributed by atoms with Gasteiger partial charge in [0.2, 0.25) is 0 Å². The normalized spacial score (nSPS) is 17.6. The van der Waals surface area contributed by atoms with Gasteiger partial charge in [-0.15, -0.1) is 0 Å². The van der Waals surface area contributed by atoms with E-state index in [1.54, 1.807) is 6.92 Å². The standard InChI is InChI=1S/C13H10ClF3O4/c1-2-6-3-8(14)4-7-5-9(20-12(18)19)11(13(15,16)17)21-10(6)7/h3-5,11H,2H2,1H3,(H,18,19). The molecule has 0 amide bonds. The second-order valence-corrected chi connectivity index (χ2v) is 4.73. The van der Waals surface area contributed by atoms with Crippen molar-refractivity contribution >= 4 is 23.8 Å². The van der Waals surface area contributed by atoms with E-state index in [4.69, 9.17) is 21.4 Å². The molecule has 0 fully saturated rings. The largest absolute Gasteiger partial charge is 0.511 e. The molecule has 0 aromatic heterocycles. The summed E-state index contributed by atoms with van der Waals surface area (Å²) in [6, 6.07) is 2.89. The molecule has 2 rings (SSSR count). The molecule has 0 aliphatic carbocycles. The van der Waals surface area contributed by atoms with Crippen LogP contribution in [0.5, 0.6) is 5.75 Å². The summed E-state index contributed by atoms with van der Waals surface area (Å²) >= 11 is 5.88. The van der Waals surface area contributed by atoms with Crippen molar-refractivity contribution in [3.8, 4) is 5.75 Å². The summed E-state index contributed by atoms with van der Waals surface area (Å²) in [6.07, 6.45) is -7.72. The zero-order chi connectivity index (χ0) is 15.8. The van der Waals surface area contributed by atoms with Crippen molar-refractivity contribution in [2.75, 3.05) is 0 Å². The molecule has 21 heavy (non-hydrogen) atoms. The SMILES string of the molecule is CCc1cc(Cl)cc2c1OC(C(F)(F)F)C(OC(=O)O)=C2. The third-order valence-corrected chi connectivity index (χ3v) is 3.05. The summed E-state index contributed by atoms with van der Waals surface area (Å²) in [5, 5.41) is 8.85. The third kappa shape index (κ3) is 3.24. The lowest BCUT2D eigenvalue weighted by atomic mass is 10.0. The molecule has 0 saturated carbocycles. The number of halogens is 4. The van der Waals surface area contributed by atoms with Crippen LogP contribution in [-0.2, 0) is 11.2 Å². The molecule has 1 aromatic rings. The predicted octanol–water partition coefficient (Wildman–Crippen LogP) is 4.26. The monoisotopic (exact) mass is 322 g/mol. The van der Waals surface area contributed by atoms with Gasteiger partial charge in [0, 0.05) is 10.6 Å². The van der Waals surface area contributed by atoms with Crippen LogP contribution in [0.1, 0.15) is 18.1 Å². The number of carboxylic acid groups (broad SMARTS) is 1. The van der Waals surface area contributed by atoms with E-state index in [9.17, 15) is 18.0 Å². The highest BCUT2D eigenvalue weighted by atomic mass is 35.5. The Morgan fingerprint density at radius 3 is 2.67 bits per heavy atom. The topological polar surface area (TPSA) is 55.8 Å². The van der Waals surface area contributed by atoms with Crippen LogP contribution in [0.15, 0.2) is 17.9 Å². The lowest BCUT2D eigenvalue weighted by molar-refractivity contribution is -0.191. The van der Waals surface area contributed by atoms with E-state index in [0.29, 0.717) is 17.0 Å². The zero-order valence-electron chi connectivity index (χ0n) is 10.7. The van der Waals surface area contributed by atoms with Crippen molar-refractivity contribution in [1.82, 2.24) is 0 Å². The van der Waals surface area contributed by atoms with Crippen molar-refractivity contribution in [3.63, 3.8) is 0 Å². The van der Waals surface area contributed by atoms with E-state index in [2.05, 4.69) is 4.74 Å². The fourth-order valence-electron chi connectivity index (χ4n) is 2.00. The van der Waals surface area contributed by atoms with Crippen LogP contribution < -0.4 is 4.74 Å². The smallest absolute Gasteiger partial charge is 0.472 e. The van der Waals surface area contributed by atoms with Gasteiger partial charge in [-0.3, -0.25) is 0 Å². The predicted molar refractivity (Wildman–Crippen MR) is 68.4 cm³/mol. The molecule has 0 radical (unpaired) electrons. The van der Waals surface area contributed by atoms with Gasteiger partial charge in [0.25, 0.3) is 6.10 Å². The zero-order valence-corrected chi connectivity index (χ0v) is 11.5. The van der Waals surface area contributed by atoms with Gasteiger partial charge in [-0.2, -0.15) is 13.2 Å². The Hall–Kier alpha value is -1.89. The lowest BCUT2D eigenvalue weighted by Crippen LogP contribution is -2.39. The summed E-state index contributed by atoms with van der Waals surface area (Å²) in [4.78, 5) is 10.5. The Labute approximate surface area is 122 Å². The van der Waals surface area contributed by atoms with E-state index in [-0.39, 0.29) is 11.3 Å². The molecule has 114 valence electrons. The molecular formula is C13H10ClF3O4. The van der Waals surface area contributed by atoms with Crippen molar-refractivity contribution in [2.24, 2.45) is 0 Å². The van der Waals surface area contributed by atoms with Crippen molar-refractivity contribution in [1.29, 1.82) is 0 Å². The maximum absolute atomic E-state index is 13.0. The molecule has 1 unspecified atom stereocenters. The molecule has 1 aliphatic rings. The first-order chi connectivity index (χ1) is 9.72. The van der Waals surface area contributed by atoms with E-state index in [0.717, 1.165) is 6.08 Å². The summed E-state index contributed by atoms with van der Waals surface area (Å²) in [5.41, 5.74) is 0.744. The Morgan fingerprint density at radius 2 is 2.14 bits per heavy atom. The first-order valence-corrected chi connectivity index (χ1v) is 6.28. The molecule has 0 saturated heterocycles. The van der Waals surface area contributed by atoms with E-state index < -0.39 is 24.2 Å². The van der Waals surface area contributed by atoms with Crippen LogP contribution in [0.4, 0.5) is 18.0 Å². The quantitative estimate of drug-likeness (QED) is 0.826. The minimum atomic E-state index is -4.80. The van der Waals surface area contributed by atoms with Gasteiger partial charge in [0.1, 0.15) is 5.75 Å². The van der Waals surface area contributed by atoms with Gasteiger partial charge in [0.15, 0.2) is 5.76 Å². The van der Waals surface area contributed by atoms with Crippen molar-refractivity contribution in [3.05, 3.63) is 34.0 Å². The molecule has 1 aliphatic heterocycles. The van der Waals surface area contributed by atoms with Crippen LogP contribution in [-0.4, -0.2) is 23.5 Å². The molecular weight excluding hydrogens is 313 g/mol. The average Bonchev–Trinajstić information content (AvgIpc) is 2.34. The van der Waals surface area contributed by atoms with E-state index >= 15 is 0 Å². The molecule has 1 N–H and O–H groups in total. The van der Waals surface area contributed by atoms with Crippen LogP contribution in [0.3, 0.4) is 0 Å². The van der Waals surface area contributed by atoms with Gasteiger partial charge >= 0.3 is 12.3 Å². The Morgan fingerprint density at radius 1 is 1.48 bits per heavy atom. The molecule has 1 aromatic carbocycles. The Bertz CT molecular complexity index is 610. The molecule has 8 heteroatoms. The average molecular weight is 323 g/mol. The molecule has 0 spiro atoms. The molecule has 1 atom stereocenters. The van der Waals surface area contributed by atoms with Gasteiger partial charge in [0.05, 0.1) is 0 Å². The molecule has 1 heterocycles. The minimum absolute atomic E-state index is 0.0296. The first kappa shape index (κ1) is 15.5. The highest BCUT2D eigenvalue weighted by Gasteiger charge is 2.48. The fraction of sp³-hybridized carbons (Fsp3) is 0.308. The Balaban J connectivity index is 2.56. The van der Waals surface area contributed by atoms with Crippen molar-refractivity contribution in [2.45, 2.75) is 25.6 Å². The van der Waals surface area contributed by atoms with Crippen LogP contribution >= 0.6 is 11.6 Å². The minimum Gasteiger partial charge on any atom is -0.472 e. The Kier molecular flexibility index (Phi) is 4.04. The van der Waals surface area contributed by atoms with Crippen LogP contribution in [0.25, 0.3) is 6.08 Å². The number of rotatable bonds is 2. The fourth-order valence-corrected chi connectivity index (χ4v) is 2.25. The summed E-state index contributed by atoms with van der Waals surface area (Å²) < 4.78 is 48.1. The van der Waals surface area contributed by atoms with Crippen LogP contribution in [0.2, 0.25) is 5.02 Å². The second-order valence-electron chi connectivity index (χ2n) is 4.29. The number of fused-ring (bicyclic) bond motifs is 1. The summed E-state index contributed by atoms with van der Waals surface area (Å²) in [6.45, 7) is 1.74. The number of carbonyl (C=O) groups is 1. The molecule has 4 nitrogen and oxygen atoms in total. The van der Waals surface area contributed by atoms with E-state index in [1.165, 1.54) is 12.1 Å². The molecule has 0 bridgehead atoms. The highest BCUT2D eigenvalue weighted by molar-refractivity contribution is 6.30. The number of hydrogen-bond donors (Lipinski definition) is 1. The third-order valence-electron chi connectivity index (χ3n) is 2.83. The second kappa shape index (κ2) is 5.48. The maximum Gasteiger partial charge on any atom is 0.511 e. The number of ether oxygens (including phenoxy) is 2. The number of benzene rings is 1. The number of hydrogen-bond acceptors (Lipinski definition) is 3. The van der Waals surface area contributed by atoms with Gasteiger partial charge in [-0.1, -0.05) is 18.5 Å². The number of aryl methyl sites for hydroxylation is 1. The summed E-state index contributed by atoms with van der Waals surface area (Å²) in [7, 11) is 0. The van der Waals surface area contributed by atoms with Crippen molar-refractivity contribution < 1.29 is 32.5 Å². The van der Waals surface area contributed by atoms with Gasteiger partial charge < -0.3 is 14.6 Å². The van der Waals surface area contributed by atoms with E-state index in [1.807, 2.05) is 0 Å². The number of alkyl halides is 3. The van der Waals surface area contributed by atoms with Gasteiger partial charge in [-0.05, 0) is 30.2 Å². The highest BCUT2D eigenvalue weighted by Crippen LogP contribution is 2.40. The first-order valence-electron chi connectivity index (χ1n) is 5.90. The lowest BCUT2D eigenvalue weighted by Gasteiger charge is -2.28.